The SMILES string of the molecule is CO[C@H]1C(=O)N2C(C(C)(C)C)=C(C)CS(=O)(=O)[C@H]12. The van der Waals surface area contributed by atoms with Crippen LogP contribution in [0.3, 0.4) is 0 Å². The lowest BCUT2D eigenvalue weighted by Crippen LogP contribution is -2.70. The quantitative estimate of drug-likeness (QED) is 0.666. The summed E-state index contributed by atoms with van der Waals surface area (Å²) in [7, 11) is -1.97. The molecule has 1 saturated heterocycles. The second kappa shape index (κ2) is 3.81. The van der Waals surface area contributed by atoms with Gasteiger partial charge in [-0.05, 0) is 12.5 Å². The van der Waals surface area contributed by atoms with Gasteiger partial charge in [-0.2, -0.15) is 0 Å². The van der Waals surface area contributed by atoms with E-state index >= 15 is 0 Å². The Morgan fingerprint density at radius 1 is 1.33 bits per heavy atom. The van der Waals surface area contributed by atoms with Gasteiger partial charge >= 0.3 is 0 Å². The summed E-state index contributed by atoms with van der Waals surface area (Å²) in [4.78, 5) is 13.4. The number of hydrogen-bond acceptors (Lipinski definition) is 4. The first kappa shape index (κ1) is 13.5. The highest BCUT2D eigenvalue weighted by molar-refractivity contribution is 7.92. The van der Waals surface area contributed by atoms with Gasteiger partial charge in [-0.1, -0.05) is 20.8 Å². The summed E-state index contributed by atoms with van der Waals surface area (Å²) in [5, 5.41) is -0.840. The van der Waals surface area contributed by atoms with Gasteiger partial charge in [0, 0.05) is 18.2 Å². The van der Waals surface area contributed by atoms with E-state index in [0.717, 1.165) is 11.3 Å². The highest BCUT2D eigenvalue weighted by atomic mass is 32.2. The first-order valence-corrected chi connectivity index (χ1v) is 7.60. The van der Waals surface area contributed by atoms with E-state index in [-0.39, 0.29) is 17.1 Å². The number of rotatable bonds is 1. The minimum atomic E-state index is -3.34. The molecule has 1 fully saturated rings. The van der Waals surface area contributed by atoms with Gasteiger partial charge in [-0.25, -0.2) is 8.42 Å². The maximum absolute atomic E-state index is 12.1. The van der Waals surface area contributed by atoms with Crippen LogP contribution in [0.15, 0.2) is 11.3 Å². The molecular formula is C12H19NO4S. The Labute approximate surface area is 108 Å². The normalized spacial score (nSPS) is 31.2. The molecule has 6 heteroatoms. The summed E-state index contributed by atoms with van der Waals surface area (Å²) in [5.41, 5.74) is 1.31. The van der Waals surface area contributed by atoms with Crippen LogP contribution >= 0.6 is 0 Å². The van der Waals surface area contributed by atoms with Gasteiger partial charge in [-0.3, -0.25) is 9.69 Å². The van der Waals surface area contributed by atoms with Gasteiger partial charge in [0.1, 0.15) is 0 Å². The number of β-lactam (4-membered cyclic amide) rings is 1. The third-order valence-electron chi connectivity index (χ3n) is 3.39. The molecule has 0 aromatic carbocycles. The van der Waals surface area contributed by atoms with Crippen molar-refractivity contribution in [2.45, 2.75) is 39.2 Å². The van der Waals surface area contributed by atoms with Crippen LogP contribution in [0.2, 0.25) is 0 Å². The van der Waals surface area contributed by atoms with Crippen LogP contribution in [-0.2, 0) is 19.4 Å². The van der Waals surface area contributed by atoms with E-state index in [1.54, 1.807) is 6.92 Å². The zero-order valence-corrected chi connectivity index (χ0v) is 12.2. The van der Waals surface area contributed by atoms with E-state index in [2.05, 4.69) is 0 Å². The lowest BCUT2D eigenvalue weighted by atomic mass is 9.86. The third kappa shape index (κ3) is 1.70. The van der Waals surface area contributed by atoms with Crippen molar-refractivity contribution < 1.29 is 17.9 Å². The monoisotopic (exact) mass is 273 g/mol. The molecule has 5 nitrogen and oxygen atoms in total. The van der Waals surface area contributed by atoms with Crippen LogP contribution < -0.4 is 0 Å². The van der Waals surface area contributed by atoms with Crippen molar-refractivity contribution in [3.8, 4) is 0 Å². The number of nitrogens with zero attached hydrogens (tertiary/aromatic N) is 1. The van der Waals surface area contributed by atoms with E-state index in [0.29, 0.717) is 0 Å². The fourth-order valence-corrected chi connectivity index (χ4v) is 4.95. The van der Waals surface area contributed by atoms with Crippen LogP contribution in [0, 0.1) is 5.41 Å². The smallest absolute Gasteiger partial charge is 0.260 e. The van der Waals surface area contributed by atoms with Crippen molar-refractivity contribution in [2.75, 3.05) is 12.9 Å². The fraction of sp³-hybridized carbons (Fsp3) is 0.750. The molecule has 0 unspecified atom stereocenters. The molecule has 2 atom stereocenters. The number of carbonyl (C=O) groups excluding carboxylic acids is 1. The molecule has 0 aliphatic carbocycles. The van der Waals surface area contributed by atoms with Crippen molar-refractivity contribution in [1.29, 1.82) is 0 Å². The molecule has 0 saturated carbocycles. The van der Waals surface area contributed by atoms with Crippen LogP contribution in [0.4, 0.5) is 0 Å². The van der Waals surface area contributed by atoms with E-state index in [1.807, 2.05) is 20.8 Å². The van der Waals surface area contributed by atoms with Crippen molar-refractivity contribution >= 4 is 15.7 Å². The maximum atomic E-state index is 12.1. The molecule has 18 heavy (non-hydrogen) atoms. The summed E-state index contributed by atoms with van der Waals surface area (Å²) >= 11 is 0. The average molecular weight is 273 g/mol. The van der Waals surface area contributed by atoms with Gasteiger partial charge in [0.2, 0.25) is 0 Å². The number of ether oxygens (including phenoxy) is 1. The molecule has 1 amide bonds. The molecule has 0 aromatic heterocycles. The summed E-state index contributed by atoms with van der Waals surface area (Å²) in [5.74, 6) is -0.247. The van der Waals surface area contributed by atoms with Crippen molar-refractivity contribution in [3.05, 3.63) is 11.3 Å². The van der Waals surface area contributed by atoms with Crippen molar-refractivity contribution in [2.24, 2.45) is 5.41 Å². The Hall–Kier alpha value is -0.880. The molecule has 2 aliphatic rings. The molecule has 0 spiro atoms. The molecule has 2 rings (SSSR count). The highest BCUT2D eigenvalue weighted by Gasteiger charge is 2.59. The van der Waals surface area contributed by atoms with E-state index < -0.39 is 21.3 Å². The van der Waals surface area contributed by atoms with Gasteiger partial charge in [-0.15, -0.1) is 0 Å². The lowest BCUT2D eigenvalue weighted by molar-refractivity contribution is -0.160. The zero-order chi connectivity index (χ0) is 13.9. The number of carbonyl (C=O) groups is 1. The Kier molecular flexibility index (Phi) is 2.86. The molecule has 0 N–H and O–H groups in total. The molecule has 2 heterocycles. The summed E-state index contributed by atoms with van der Waals surface area (Å²) in [6.45, 7) is 7.72. The molecule has 102 valence electrons. The number of amides is 1. The van der Waals surface area contributed by atoms with E-state index in [1.165, 1.54) is 12.0 Å². The number of hydrogen-bond donors (Lipinski definition) is 0. The number of sulfone groups is 1. The zero-order valence-electron chi connectivity index (χ0n) is 11.4. The number of methoxy groups -OCH3 is 1. The maximum Gasteiger partial charge on any atom is 0.260 e. The van der Waals surface area contributed by atoms with Gasteiger partial charge in [0.25, 0.3) is 5.91 Å². The first-order valence-electron chi connectivity index (χ1n) is 5.89. The Morgan fingerprint density at radius 3 is 2.33 bits per heavy atom. The standard InChI is InChI=1S/C12H19NO4S/c1-7-6-18(15,16)11-8(17-5)10(14)13(11)9(7)12(2,3)4/h8,11H,6H2,1-5H3/t8-,11+/m0/s1. The van der Waals surface area contributed by atoms with Gasteiger partial charge in [0.15, 0.2) is 21.3 Å². The number of allylic oxidation sites excluding steroid dienone is 1. The molecule has 0 bridgehead atoms. The minimum absolute atomic E-state index is 0.00785. The Bertz CT molecular complexity index is 527. The predicted octanol–water partition coefficient (Wildman–Crippen LogP) is 0.918. The Balaban J connectivity index is 2.56. The first-order chi connectivity index (χ1) is 8.11. The number of fused-ring (bicyclic) bond motifs is 1. The summed E-state index contributed by atoms with van der Waals surface area (Å²) in [6.07, 6.45) is -0.847. The van der Waals surface area contributed by atoms with Crippen LogP contribution in [0.1, 0.15) is 27.7 Å². The van der Waals surface area contributed by atoms with Crippen LogP contribution in [-0.4, -0.2) is 43.6 Å². The van der Waals surface area contributed by atoms with E-state index in [9.17, 15) is 13.2 Å². The highest BCUT2D eigenvalue weighted by Crippen LogP contribution is 2.44. The van der Waals surface area contributed by atoms with Gasteiger partial charge < -0.3 is 4.74 Å². The van der Waals surface area contributed by atoms with Crippen LogP contribution in [0.25, 0.3) is 0 Å². The largest absolute Gasteiger partial charge is 0.368 e. The molecule has 0 aromatic rings. The van der Waals surface area contributed by atoms with Crippen LogP contribution in [0.5, 0.6) is 0 Å². The summed E-state index contributed by atoms with van der Waals surface area (Å²) in [6, 6.07) is 0. The second-order valence-corrected chi connectivity index (χ2v) is 8.04. The summed E-state index contributed by atoms with van der Waals surface area (Å²) < 4.78 is 29.3. The predicted molar refractivity (Wildman–Crippen MR) is 67.4 cm³/mol. The fourth-order valence-electron chi connectivity index (χ4n) is 2.90. The van der Waals surface area contributed by atoms with Gasteiger partial charge in [0.05, 0.1) is 5.75 Å². The van der Waals surface area contributed by atoms with Crippen molar-refractivity contribution in [3.63, 3.8) is 0 Å². The van der Waals surface area contributed by atoms with E-state index in [4.69, 9.17) is 4.74 Å². The second-order valence-electron chi connectivity index (χ2n) is 5.94. The Morgan fingerprint density at radius 2 is 1.89 bits per heavy atom. The minimum Gasteiger partial charge on any atom is -0.368 e. The van der Waals surface area contributed by atoms with Crippen molar-refractivity contribution in [1.82, 2.24) is 4.90 Å². The molecular weight excluding hydrogens is 254 g/mol. The lowest BCUT2D eigenvalue weighted by Gasteiger charge is -2.52. The third-order valence-corrected chi connectivity index (χ3v) is 5.42. The molecule has 0 radical (unpaired) electrons. The average Bonchev–Trinajstić information content (AvgIpc) is 2.17. The topological polar surface area (TPSA) is 63.7 Å². The molecule has 2 aliphatic heterocycles.